The number of carbonyl (C=O) groups is 2. The van der Waals surface area contributed by atoms with E-state index in [1.54, 1.807) is 0 Å². The van der Waals surface area contributed by atoms with Crippen molar-refractivity contribution in [2.24, 2.45) is 11.5 Å². The Bertz CT molecular complexity index is 544. The Morgan fingerprint density at radius 1 is 1.22 bits per heavy atom. The highest BCUT2D eigenvalue weighted by Gasteiger charge is 2.19. The van der Waals surface area contributed by atoms with E-state index in [0.29, 0.717) is 24.5 Å². The maximum atomic E-state index is 11.4. The lowest BCUT2D eigenvalue weighted by molar-refractivity contribution is -0.122. The molecule has 0 aromatic heterocycles. The van der Waals surface area contributed by atoms with Gasteiger partial charge in [-0.2, -0.15) is 8.42 Å². The molecule has 0 saturated carbocycles. The Kier molecular flexibility index (Phi) is 11.7. The molecule has 9 nitrogen and oxygen atoms in total. The van der Waals surface area contributed by atoms with Crippen LogP contribution in [0.15, 0.2) is 0 Å². The molecule has 0 fully saturated rings. The van der Waals surface area contributed by atoms with Gasteiger partial charge in [0.1, 0.15) is 6.04 Å². The maximum Gasteiger partial charge on any atom is 0.266 e. The molecule has 23 heavy (non-hydrogen) atoms. The van der Waals surface area contributed by atoms with Gasteiger partial charge in [-0.05, 0) is 0 Å². The van der Waals surface area contributed by atoms with Crippen LogP contribution in [0, 0.1) is 12.0 Å². The predicted molar refractivity (Wildman–Crippen MR) is 91.9 cm³/mol. The topological polar surface area (TPSA) is 165 Å². The summed E-state index contributed by atoms with van der Waals surface area (Å²) in [5.74, 6) is 2.10. The summed E-state index contributed by atoms with van der Waals surface area (Å²) in [4.78, 5) is 22.7. The smallest absolute Gasteiger partial charge is 0.266 e. The van der Waals surface area contributed by atoms with Gasteiger partial charge in [-0.15, -0.1) is 0 Å². The van der Waals surface area contributed by atoms with Gasteiger partial charge in [0.2, 0.25) is 11.8 Å². The molecule has 1 unspecified atom stereocenters. The highest BCUT2D eigenvalue weighted by atomic mass is 33.1. The van der Waals surface area contributed by atoms with Crippen LogP contribution in [0.5, 0.6) is 0 Å². The summed E-state index contributed by atoms with van der Waals surface area (Å²) in [6.45, 7) is 0.525. The summed E-state index contributed by atoms with van der Waals surface area (Å²) < 4.78 is 29.7. The van der Waals surface area contributed by atoms with E-state index in [1.807, 2.05) is 0 Å². The Hall–Kier alpha value is -1.13. The van der Waals surface area contributed by atoms with Crippen molar-refractivity contribution >= 4 is 43.5 Å². The highest BCUT2D eigenvalue weighted by molar-refractivity contribution is 8.76. The van der Waals surface area contributed by atoms with Gasteiger partial charge in [-0.3, -0.25) is 14.1 Å². The summed E-state index contributed by atoms with van der Waals surface area (Å²) in [5, 5.41) is 5.04. The van der Waals surface area contributed by atoms with Crippen molar-refractivity contribution in [3.8, 4) is 12.0 Å². The highest BCUT2D eigenvalue weighted by Crippen LogP contribution is 2.20. The van der Waals surface area contributed by atoms with E-state index in [4.69, 9.17) is 16.0 Å². The van der Waals surface area contributed by atoms with Crippen molar-refractivity contribution in [2.75, 3.05) is 30.3 Å². The minimum absolute atomic E-state index is 0.120. The predicted octanol–water partition coefficient (Wildman–Crippen LogP) is -1.87. The quantitative estimate of drug-likeness (QED) is 0.0901. The van der Waals surface area contributed by atoms with Crippen molar-refractivity contribution in [3.05, 3.63) is 0 Å². The van der Waals surface area contributed by atoms with Crippen LogP contribution in [0.1, 0.15) is 6.42 Å². The molecule has 0 rings (SSSR count). The van der Waals surface area contributed by atoms with E-state index in [-0.39, 0.29) is 12.5 Å². The summed E-state index contributed by atoms with van der Waals surface area (Å²) in [5.41, 5.74) is 10.3. The largest absolute Gasteiger partial charge is 0.359 e. The van der Waals surface area contributed by atoms with E-state index in [0.717, 1.165) is 0 Å². The van der Waals surface area contributed by atoms with Crippen LogP contribution in [0.4, 0.5) is 0 Å². The van der Waals surface area contributed by atoms with Gasteiger partial charge in [0.15, 0.2) is 0 Å². The van der Waals surface area contributed by atoms with E-state index in [9.17, 15) is 18.0 Å². The van der Waals surface area contributed by atoms with E-state index in [1.165, 1.54) is 21.6 Å². The fraction of sp³-hybridized carbons (Fsp3) is 0.636. The van der Waals surface area contributed by atoms with Crippen molar-refractivity contribution in [2.45, 2.75) is 12.5 Å². The first kappa shape index (κ1) is 21.9. The molecule has 0 aromatic carbocycles. The van der Waals surface area contributed by atoms with E-state index < -0.39 is 27.8 Å². The Balaban J connectivity index is 3.60. The zero-order valence-corrected chi connectivity index (χ0v) is 14.7. The van der Waals surface area contributed by atoms with Crippen LogP contribution in [0.2, 0.25) is 0 Å². The van der Waals surface area contributed by atoms with Crippen molar-refractivity contribution in [3.63, 3.8) is 0 Å². The maximum absolute atomic E-state index is 11.4. The van der Waals surface area contributed by atoms with E-state index in [2.05, 4.69) is 22.6 Å². The molecule has 0 spiro atoms. The van der Waals surface area contributed by atoms with E-state index >= 15 is 0 Å². The van der Waals surface area contributed by atoms with Crippen molar-refractivity contribution < 1.29 is 22.6 Å². The van der Waals surface area contributed by atoms with Gasteiger partial charge >= 0.3 is 0 Å². The lowest BCUT2D eigenvalue weighted by atomic mass is 10.3. The second-order valence-electron chi connectivity index (χ2n) is 4.14. The first-order valence-corrected chi connectivity index (χ1v) is 10.5. The third-order valence-electron chi connectivity index (χ3n) is 2.18. The third kappa shape index (κ3) is 14.2. The molecule has 0 aliphatic heterocycles. The first-order valence-electron chi connectivity index (χ1n) is 6.44. The minimum atomic E-state index is -4.28. The molecule has 0 aromatic rings. The fourth-order valence-corrected chi connectivity index (χ4v) is 3.69. The molecular formula is C11H20N4O5S3. The molecule has 0 radical (unpaired) electrons. The number of amides is 2. The first-order chi connectivity index (χ1) is 10.8. The molecule has 0 aliphatic rings. The number of rotatable bonds is 11. The molecular weight excluding hydrogens is 364 g/mol. The molecule has 2 amide bonds. The summed E-state index contributed by atoms with van der Waals surface area (Å²) in [6.07, 6.45) is 0.343. The second kappa shape index (κ2) is 12.3. The number of carbonyl (C=O) groups excluding carboxylic acids is 2. The summed E-state index contributed by atoms with van der Waals surface area (Å²) in [7, 11) is -1.35. The van der Waals surface area contributed by atoms with Gasteiger partial charge < -0.3 is 22.1 Å². The molecule has 1 atom stereocenters. The molecule has 132 valence electrons. The summed E-state index contributed by atoms with van der Waals surface area (Å²) >= 11 is 0. The van der Waals surface area contributed by atoms with Crippen LogP contribution >= 0.6 is 21.6 Å². The van der Waals surface area contributed by atoms with Crippen LogP contribution in [-0.2, 0) is 19.7 Å². The van der Waals surface area contributed by atoms with Gasteiger partial charge in [0, 0.05) is 30.5 Å². The Morgan fingerprint density at radius 3 is 2.48 bits per heavy atom. The van der Waals surface area contributed by atoms with Gasteiger partial charge in [-0.1, -0.05) is 27.5 Å². The zero-order valence-electron chi connectivity index (χ0n) is 12.3. The number of nitrogens with one attached hydrogen (secondary N) is 2. The Morgan fingerprint density at radius 2 is 1.87 bits per heavy atom. The monoisotopic (exact) mass is 384 g/mol. The number of hydrogen-bond acceptors (Lipinski definition) is 8. The van der Waals surface area contributed by atoms with Crippen LogP contribution in [-0.4, -0.2) is 61.2 Å². The van der Waals surface area contributed by atoms with Crippen molar-refractivity contribution in [1.82, 2.24) is 10.6 Å². The van der Waals surface area contributed by atoms with Crippen molar-refractivity contribution in [1.29, 1.82) is 0 Å². The minimum Gasteiger partial charge on any atom is -0.359 e. The van der Waals surface area contributed by atoms with Gasteiger partial charge in [-0.25, -0.2) is 0 Å². The second-order valence-corrected chi connectivity index (χ2v) is 8.34. The molecule has 0 heterocycles. The summed E-state index contributed by atoms with van der Waals surface area (Å²) in [6, 6.07) is 0.875. The molecule has 7 N–H and O–H groups in total. The van der Waals surface area contributed by atoms with Crippen LogP contribution in [0.3, 0.4) is 0 Å². The Labute approximate surface area is 143 Å². The van der Waals surface area contributed by atoms with Crippen LogP contribution in [0.25, 0.3) is 0 Å². The molecule has 0 saturated heterocycles. The zero-order chi connectivity index (χ0) is 17.7. The average Bonchev–Trinajstić information content (AvgIpc) is 2.44. The van der Waals surface area contributed by atoms with Crippen LogP contribution < -0.4 is 22.1 Å². The molecule has 0 aliphatic carbocycles. The number of nitrogens with two attached hydrogens (primary N) is 2. The fourth-order valence-electron chi connectivity index (χ4n) is 1.18. The number of hydrogen-bond donors (Lipinski definition) is 5. The van der Waals surface area contributed by atoms with Gasteiger partial charge in [0.25, 0.3) is 10.1 Å². The SMILES string of the molecule is NC#CCNC(=O)CCSSCCNC(=O)C(N)CS(=O)(=O)O. The normalized spacial score (nSPS) is 11.9. The average molecular weight is 385 g/mol. The third-order valence-corrected chi connectivity index (χ3v) is 5.37. The van der Waals surface area contributed by atoms with Gasteiger partial charge in [0.05, 0.1) is 12.3 Å². The lowest BCUT2D eigenvalue weighted by Gasteiger charge is -2.10. The standard InChI is InChI=1S/C11H20N4O5S3/c12-3-1-4-14-10(16)2-6-21-22-7-5-15-11(17)9(13)8-23(18,19)20/h9H,2,4-8,12-13H2,(H,14,16)(H,15,17)(H,18,19,20). The molecule has 0 bridgehead atoms. The lowest BCUT2D eigenvalue weighted by Crippen LogP contribution is -2.45. The molecule has 12 heteroatoms.